The second-order valence-corrected chi connectivity index (χ2v) is 6.42. The Morgan fingerprint density at radius 1 is 1.14 bits per heavy atom. The van der Waals surface area contributed by atoms with Gasteiger partial charge in [-0.2, -0.15) is 0 Å². The fourth-order valence-electron chi connectivity index (χ4n) is 3.81. The van der Waals surface area contributed by atoms with E-state index in [1.807, 2.05) is 19.1 Å². The lowest BCUT2D eigenvalue weighted by Crippen LogP contribution is -2.47. The molecule has 112 valence electrons. The summed E-state index contributed by atoms with van der Waals surface area (Å²) in [6, 6.07) is 5.49. The minimum Gasteiger partial charge on any atom is -0.398 e. The van der Waals surface area contributed by atoms with Gasteiger partial charge in [0.25, 0.3) is 0 Å². The summed E-state index contributed by atoms with van der Waals surface area (Å²) in [5, 5.41) is 0. The predicted octanol–water partition coefficient (Wildman–Crippen LogP) is 3.05. The molecule has 1 aromatic rings. The predicted molar refractivity (Wildman–Crippen MR) is 82.9 cm³/mol. The second-order valence-electron chi connectivity index (χ2n) is 6.42. The van der Waals surface area contributed by atoms with Crippen molar-refractivity contribution in [3.63, 3.8) is 0 Å². The standard InChI is InChI=1S/C17H22N2O2/c1-2-12-5-6-13(9-14(12)18)19-15(20)10-17(11-16(19)21)7-3-4-8-17/h5-6,9H,2-4,7-8,10-11,18H2,1H3. The molecular formula is C17H22N2O2. The van der Waals surface area contributed by atoms with E-state index in [1.165, 1.54) is 4.90 Å². The van der Waals surface area contributed by atoms with E-state index in [0.29, 0.717) is 24.2 Å². The Hall–Kier alpha value is -1.84. The van der Waals surface area contributed by atoms with Crippen molar-refractivity contribution in [3.8, 4) is 0 Å². The number of hydrogen-bond acceptors (Lipinski definition) is 3. The molecule has 1 heterocycles. The van der Waals surface area contributed by atoms with Gasteiger partial charge in [0.15, 0.2) is 0 Å². The fraction of sp³-hybridized carbons (Fsp3) is 0.529. The first-order valence-electron chi connectivity index (χ1n) is 7.79. The first-order chi connectivity index (χ1) is 10.0. The Kier molecular flexibility index (Phi) is 3.47. The average Bonchev–Trinajstić information content (AvgIpc) is 2.85. The van der Waals surface area contributed by atoms with Crippen LogP contribution in [0.25, 0.3) is 0 Å². The van der Waals surface area contributed by atoms with Crippen LogP contribution in [0.3, 0.4) is 0 Å². The van der Waals surface area contributed by atoms with Crippen molar-refractivity contribution in [2.75, 3.05) is 10.6 Å². The first kappa shape index (κ1) is 14.1. The number of amides is 2. The number of aryl methyl sites for hydroxylation is 1. The Bertz CT molecular complexity index is 568. The van der Waals surface area contributed by atoms with Crippen molar-refractivity contribution in [2.24, 2.45) is 5.41 Å². The molecule has 1 spiro atoms. The Morgan fingerprint density at radius 2 is 1.76 bits per heavy atom. The summed E-state index contributed by atoms with van der Waals surface area (Å²) in [5.74, 6) is -0.145. The van der Waals surface area contributed by atoms with Crippen LogP contribution in [0.4, 0.5) is 11.4 Å². The molecule has 1 saturated carbocycles. The molecule has 0 aromatic heterocycles. The van der Waals surface area contributed by atoms with E-state index in [0.717, 1.165) is 37.7 Å². The summed E-state index contributed by atoms with van der Waals surface area (Å²) in [6.07, 6.45) is 6.13. The van der Waals surface area contributed by atoms with E-state index in [-0.39, 0.29) is 17.2 Å². The van der Waals surface area contributed by atoms with Crippen LogP contribution in [0.1, 0.15) is 51.0 Å². The van der Waals surface area contributed by atoms with E-state index >= 15 is 0 Å². The normalized spacial score (nSPS) is 21.3. The molecular weight excluding hydrogens is 264 g/mol. The number of benzene rings is 1. The zero-order valence-corrected chi connectivity index (χ0v) is 12.5. The second kappa shape index (κ2) is 5.17. The molecule has 4 nitrogen and oxygen atoms in total. The van der Waals surface area contributed by atoms with Gasteiger partial charge in [-0.1, -0.05) is 25.8 Å². The Balaban J connectivity index is 1.87. The van der Waals surface area contributed by atoms with Gasteiger partial charge >= 0.3 is 0 Å². The van der Waals surface area contributed by atoms with Crippen LogP contribution in [0.15, 0.2) is 18.2 Å². The van der Waals surface area contributed by atoms with Crippen molar-refractivity contribution in [1.82, 2.24) is 0 Å². The number of nitrogens with two attached hydrogens (primary N) is 1. The van der Waals surface area contributed by atoms with Crippen LogP contribution >= 0.6 is 0 Å². The lowest BCUT2D eigenvalue weighted by Gasteiger charge is -2.37. The van der Waals surface area contributed by atoms with Gasteiger partial charge in [-0.15, -0.1) is 0 Å². The molecule has 1 aliphatic heterocycles. The molecule has 0 atom stereocenters. The van der Waals surface area contributed by atoms with Crippen LogP contribution in [0.5, 0.6) is 0 Å². The number of carbonyl (C=O) groups is 2. The molecule has 1 saturated heterocycles. The highest BCUT2D eigenvalue weighted by molar-refractivity contribution is 6.17. The first-order valence-corrected chi connectivity index (χ1v) is 7.79. The topological polar surface area (TPSA) is 63.4 Å². The van der Waals surface area contributed by atoms with Crippen LogP contribution < -0.4 is 10.6 Å². The minimum absolute atomic E-state index is 0.0560. The Labute approximate surface area is 125 Å². The van der Waals surface area contributed by atoms with Crippen LogP contribution in [-0.4, -0.2) is 11.8 Å². The molecule has 0 radical (unpaired) electrons. The van der Waals surface area contributed by atoms with Gasteiger partial charge in [-0.3, -0.25) is 14.5 Å². The van der Waals surface area contributed by atoms with E-state index in [4.69, 9.17) is 5.73 Å². The van der Waals surface area contributed by atoms with Crippen molar-refractivity contribution >= 4 is 23.2 Å². The Morgan fingerprint density at radius 3 is 2.29 bits per heavy atom. The largest absolute Gasteiger partial charge is 0.398 e. The fourth-order valence-corrected chi connectivity index (χ4v) is 3.81. The SMILES string of the molecule is CCc1ccc(N2C(=O)CC3(CCCC3)CC2=O)cc1N. The third-order valence-electron chi connectivity index (χ3n) is 4.98. The molecule has 2 N–H and O–H groups in total. The van der Waals surface area contributed by atoms with Crippen LogP contribution in [0, 0.1) is 5.41 Å². The zero-order valence-electron chi connectivity index (χ0n) is 12.5. The molecule has 4 heteroatoms. The molecule has 1 aliphatic carbocycles. The molecule has 1 aromatic carbocycles. The zero-order chi connectivity index (χ0) is 15.0. The summed E-state index contributed by atoms with van der Waals surface area (Å²) in [6.45, 7) is 2.03. The van der Waals surface area contributed by atoms with Crippen molar-refractivity contribution < 1.29 is 9.59 Å². The summed E-state index contributed by atoms with van der Waals surface area (Å²) in [5.41, 5.74) is 8.25. The van der Waals surface area contributed by atoms with Crippen molar-refractivity contribution in [2.45, 2.75) is 51.9 Å². The highest BCUT2D eigenvalue weighted by atomic mass is 16.2. The van der Waals surface area contributed by atoms with E-state index < -0.39 is 0 Å². The number of rotatable bonds is 2. The maximum atomic E-state index is 12.5. The number of anilines is 2. The van der Waals surface area contributed by atoms with Gasteiger partial charge in [-0.25, -0.2) is 0 Å². The van der Waals surface area contributed by atoms with E-state index in [9.17, 15) is 9.59 Å². The van der Waals surface area contributed by atoms with Gasteiger partial charge in [0.1, 0.15) is 0 Å². The van der Waals surface area contributed by atoms with Gasteiger partial charge < -0.3 is 5.73 Å². The minimum atomic E-state index is -0.0724. The quantitative estimate of drug-likeness (QED) is 0.671. The highest BCUT2D eigenvalue weighted by Crippen LogP contribution is 2.47. The van der Waals surface area contributed by atoms with Gasteiger partial charge in [0.2, 0.25) is 11.8 Å². The molecule has 3 rings (SSSR count). The number of carbonyl (C=O) groups excluding carboxylic acids is 2. The van der Waals surface area contributed by atoms with Gasteiger partial charge in [0.05, 0.1) is 5.69 Å². The maximum Gasteiger partial charge on any atom is 0.234 e. The molecule has 2 fully saturated rings. The molecule has 2 amide bonds. The third kappa shape index (κ3) is 2.43. The van der Waals surface area contributed by atoms with Gasteiger partial charge in [0, 0.05) is 18.5 Å². The molecule has 0 bridgehead atoms. The molecule has 21 heavy (non-hydrogen) atoms. The summed E-state index contributed by atoms with van der Waals surface area (Å²) in [4.78, 5) is 26.3. The summed E-state index contributed by atoms with van der Waals surface area (Å²) in [7, 11) is 0. The third-order valence-corrected chi connectivity index (χ3v) is 4.98. The van der Waals surface area contributed by atoms with Crippen LogP contribution in [-0.2, 0) is 16.0 Å². The number of nitrogen functional groups attached to an aromatic ring is 1. The van der Waals surface area contributed by atoms with Crippen molar-refractivity contribution in [3.05, 3.63) is 23.8 Å². The average molecular weight is 286 g/mol. The summed E-state index contributed by atoms with van der Waals surface area (Å²) >= 11 is 0. The van der Waals surface area contributed by atoms with Crippen molar-refractivity contribution in [1.29, 1.82) is 0 Å². The maximum absolute atomic E-state index is 12.5. The monoisotopic (exact) mass is 286 g/mol. The summed E-state index contributed by atoms with van der Waals surface area (Å²) < 4.78 is 0. The smallest absolute Gasteiger partial charge is 0.234 e. The number of imide groups is 1. The lowest BCUT2D eigenvalue weighted by molar-refractivity contribution is -0.133. The molecule has 2 aliphatic rings. The van der Waals surface area contributed by atoms with E-state index in [2.05, 4.69) is 0 Å². The van der Waals surface area contributed by atoms with Crippen LogP contribution in [0.2, 0.25) is 0 Å². The number of hydrogen-bond donors (Lipinski definition) is 1. The number of piperidine rings is 1. The number of nitrogens with zero attached hydrogens (tertiary/aromatic N) is 1. The van der Waals surface area contributed by atoms with Gasteiger partial charge in [-0.05, 0) is 42.4 Å². The van der Waals surface area contributed by atoms with E-state index in [1.54, 1.807) is 6.07 Å². The molecule has 0 unspecified atom stereocenters. The highest BCUT2D eigenvalue weighted by Gasteiger charge is 2.45. The lowest BCUT2D eigenvalue weighted by atomic mass is 9.76.